The van der Waals surface area contributed by atoms with E-state index in [4.69, 9.17) is 25.8 Å². The van der Waals surface area contributed by atoms with E-state index >= 15 is 0 Å². The maximum atomic E-state index is 12.8. The van der Waals surface area contributed by atoms with Crippen LogP contribution in [0.5, 0.6) is 5.88 Å². The zero-order chi connectivity index (χ0) is 18.5. The molecule has 0 saturated carbocycles. The Hall–Kier alpha value is -1.86. The number of amides is 1. The van der Waals surface area contributed by atoms with Crippen molar-refractivity contribution < 1.29 is 23.8 Å². The largest absolute Gasteiger partial charge is 0.473 e. The van der Waals surface area contributed by atoms with E-state index in [2.05, 4.69) is 4.98 Å². The number of likely N-dealkylation sites (tertiary alicyclic amines) is 1. The Labute approximate surface area is 157 Å². The van der Waals surface area contributed by atoms with Gasteiger partial charge in [0.05, 0.1) is 25.9 Å². The SMILES string of the molecule is COC(=O)C1CCCCN1C(=O)c1cnc(OC2CCOCC2)c(Cl)c1. The molecule has 1 amide bonds. The monoisotopic (exact) mass is 382 g/mol. The second-order valence-electron chi connectivity index (χ2n) is 6.47. The molecule has 1 unspecified atom stereocenters. The highest BCUT2D eigenvalue weighted by Gasteiger charge is 2.33. The minimum atomic E-state index is -0.557. The van der Waals surface area contributed by atoms with Crippen molar-refractivity contribution in [1.82, 2.24) is 9.88 Å². The van der Waals surface area contributed by atoms with Crippen molar-refractivity contribution in [3.8, 4) is 5.88 Å². The second kappa shape index (κ2) is 8.68. The molecule has 2 aliphatic rings. The van der Waals surface area contributed by atoms with Crippen LogP contribution in [0, 0.1) is 0 Å². The maximum Gasteiger partial charge on any atom is 0.328 e. The summed E-state index contributed by atoms with van der Waals surface area (Å²) in [5.41, 5.74) is 0.338. The first-order valence-corrected chi connectivity index (χ1v) is 9.26. The van der Waals surface area contributed by atoms with Crippen LogP contribution in [-0.2, 0) is 14.3 Å². The van der Waals surface area contributed by atoms with E-state index in [0.717, 1.165) is 25.7 Å². The van der Waals surface area contributed by atoms with Gasteiger partial charge < -0.3 is 19.1 Å². The highest BCUT2D eigenvalue weighted by atomic mass is 35.5. The van der Waals surface area contributed by atoms with E-state index in [-0.39, 0.29) is 17.0 Å². The number of nitrogens with zero attached hydrogens (tertiary/aromatic N) is 2. The Morgan fingerprint density at radius 1 is 1.27 bits per heavy atom. The topological polar surface area (TPSA) is 78.0 Å². The van der Waals surface area contributed by atoms with Gasteiger partial charge in [-0.25, -0.2) is 9.78 Å². The molecule has 1 aromatic heterocycles. The lowest BCUT2D eigenvalue weighted by atomic mass is 10.0. The van der Waals surface area contributed by atoms with Gasteiger partial charge in [-0.05, 0) is 25.3 Å². The molecule has 2 fully saturated rings. The van der Waals surface area contributed by atoms with Gasteiger partial charge in [-0.2, -0.15) is 0 Å². The van der Waals surface area contributed by atoms with Gasteiger partial charge in [0.15, 0.2) is 0 Å². The van der Waals surface area contributed by atoms with E-state index in [1.54, 1.807) is 11.0 Å². The number of halogens is 1. The molecule has 1 atom stereocenters. The fourth-order valence-electron chi connectivity index (χ4n) is 3.30. The lowest BCUT2D eigenvalue weighted by Gasteiger charge is -2.33. The van der Waals surface area contributed by atoms with Gasteiger partial charge in [0.2, 0.25) is 5.88 Å². The second-order valence-corrected chi connectivity index (χ2v) is 6.88. The predicted octanol–water partition coefficient (Wildman–Crippen LogP) is 2.46. The van der Waals surface area contributed by atoms with Crippen LogP contribution in [0.15, 0.2) is 12.3 Å². The van der Waals surface area contributed by atoms with Gasteiger partial charge in [-0.15, -0.1) is 0 Å². The van der Waals surface area contributed by atoms with Crippen molar-refractivity contribution in [3.05, 3.63) is 22.8 Å². The molecule has 0 aliphatic carbocycles. The molecular weight excluding hydrogens is 360 g/mol. The Bertz CT molecular complexity index is 663. The van der Waals surface area contributed by atoms with Gasteiger partial charge >= 0.3 is 5.97 Å². The zero-order valence-electron chi connectivity index (χ0n) is 14.8. The Morgan fingerprint density at radius 3 is 2.73 bits per heavy atom. The highest BCUT2D eigenvalue weighted by molar-refractivity contribution is 6.32. The van der Waals surface area contributed by atoms with Crippen molar-refractivity contribution >= 4 is 23.5 Å². The van der Waals surface area contributed by atoms with E-state index in [0.29, 0.717) is 37.6 Å². The Kier molecular flexibility index (Phi) is 6.32. The minimum Gasteiger partial charge on any atom is -0.473 e. The lowest BCUT2D eigenvalue weighted by Crippen LogP contribution is -2.48. The van der Waals surface area contributed by atoms with Crippen LogP contribution in [0.3, 0.4) is 0 Å². The summed E-state index contributed by atoms with van der Waals surface area (Å²) >= 11 is 6.28. The van der Waals surface area contributed by atoms with Crippen LogP contribution in [0.4, 0.5) is 0 Å². The summed E-state index contributed by atoms with van der Waals surface area (Å²) in [7, 11) is 1.33. The third-order valence-corrected chi connectivity index (χ3v) is 5.01. The van der Waals surface area contributed by atoms with Crippen molar-refractivity contribution in [2.24, 2.45) is 0 Å². The minimum absolute atomic E-state index is 0.0149. The Morgan fingerprint density at radius 2 is 2.04 bits per heavy atom. The molecule has 0 N–H and O–H groups in total. The molecule has 0 radical (unpaired) electrons. The average molecular weight is 383 g/mol. The molecule has 2 saturated heterocycles. The highest BCUT2D eigenvalue weighted by Crippen LogP contribution is 2.27. The average Bonchev–Trinajstić information content (AvgIpc) is 2.69. The first-order chi connectivity index (χ1) is 12.6. The van der Waals surface area contributed by atoms with Gasteiger partial charge in [0.25, 0.3) is 5.91 Å². The quantitative estimate of drug-likeness (QED) is 0.744. The third kappa shape index (κ3) is 4.27. The summed E-state index contributed by atoms with van der Waals surface area (Å²) in [6.07, 6.45) is 5.38. The number of ether oxygens (including phenoxy) is 3. The van der Waals surface area contributed by atoms with E-state index in [1.165, 1.54) is 13.3 Å². The molecule has 3 rings (SSSR count). The fraction of sp³-hybridized carbons (Fsp3) is 0.611. The van der Waals surface area contributed by atoms with Crippen molar-refractivity contribution in [2.75, 3.05) is 26.9 Å². The molecule has 0 aromatic carbocycles. The number of carbonyl (C=O) groups is 2. The number of hydrogen-bond acceptors (Lipinski definition) is 6. The van der Waals surface area contributed by atoms with E-state index in [9.17, 15) is 9.59 Å². The molecule has 7 nitrogen and oxygen atoms in total. The molecule has 2 aliphatic heterocycles. The van der Waals surface area contributed by atoms with Crippen LogP contribution in [0.1, 0.15) is 42.5 Å². The van der Waals surface area contributed by atoms with Crippen LogP contribution in [-0.4, -0.2) is 60.8 Å². The number of carbonyl (C=O) groups excluding carboxylic acids is 2. The van der Waals surface area contributed by atoms with Gasteiger partial charge in [0, 0.05) is 25.6 Å². The van der Waals surface area contributed by atoms with Gasteiger partial charge in [0.1, 0.15) is 17.2 Å². The number of methoxy groups -OCH3 is 1. The van der Waals surface area contributed by atoms with Crippen molar-refractivity contribution in [3.63, 3.8) is 0 Å². The number of aromatic nitrogens is 1. The molecule has 26 heavy (non-hydrogen) atoms. The van der Waals surface area contributed by atoms with Gasteiger partial charge in [-0.1, -0.05) is 11.6 Å². The normalized spacial score (nSPS) is 21.3. The summed E-state index contributed by atoms with van der Waals surface area (Å²) in [6, 6.07) is 0.993. The van der Waals surface area contributed by atoms with Crippen LogP contribution >= 0.6 is 11.6 Å². The van der Waals surface area contributed by atoms with E-state index < -0.39 is 12.0 Å². The standard InChI is InChI=1S/C18H23ClN2O5/c1-24-18(23)15-4-2-3-7-21(15)17(22)12-10-14(19)16(20-11-12)26-13-5-8-25-9-6-13/h10-11,13,15H,2-9H2,1H3. The fourth-order valence-corrected chi connectivity index (χ4v) is 3.51. The first kappa shape index (κ1) is 18.9. The third-order valence-electron chi connectivity index (χ3n) is 4.74. The summed E-state index contributed by atoms with van der Waals surface area (Å²) in [5, 5.41) is 0.286. The van der Waals surface area contributed by atoms with Crippen LogP contribution in [0.2, 0.25) is 5.02 Å². The predicted molar refractivity (Wildman–Crippen MR) is 94.4 cm³/mol. The molecular formula is C18H23ClN2O5. The van der Waals surface area contributed by atoms with Crippen LogP contribution < -0.4 is 4.74 Å². The van der Waals surface area contributed by atoms with Crippen molar-refractivity contribution in [1.29, 1.82) is 0 Å². The number of hydrogen-bond donors (Lipinski definition) is 0. The number of rotatable bonds is 4. The van der Waals surface area contributed by atoms with Gasteiger partial charge in [-0.3, -0.25) is 4.79 Å². The number of esters is 1. The van der Waals surface area contributed by atoms with Crippen molar-refractivity contribution in [2.45, 2.75) is 44.2 Å². The zero-order valence-corrected chi connectivity index (χ0v) is 15.5. The molecule has 0 spiro atoms. The molecule has 1 aromatic rings. The lowest BCUT2D eigenvalue weighted by molar-refractivity contribution is -0.147. The summed E-state index contributed by atoms with van der Waals surface area (Å²) < 4.78 is 16.0. The summed E-state index contributed by atoms with van der Waals surface area (Å²) in [5.74, 6) is -0.345. The first-order valence-electron chi connectivity index (χ1n) is 8.89. The molecule has 142 valence electrons. The summed E-state index contributed by atoms with van der Waals surface area (Å²) in [6.45, 7) is 1.82. The molecule has 8 heteroatoms. The number of pyridine rings is 1. The van der Waals surface area contributed by atoms with E-state index in [1.807, 2.05) is 0 Å². The molecule has 0 bridgehead atoms. The van der Waals surface area contributed by atoms with Crippen LogP contribution in [0.25, 0.3) is 0 Å². The smallest absolute Gasteiger partial charge is 0.328 e. The summed E-state index contributed by atoms with van der Waals surface area (Å²) in [4.78, 5) is 30.6. The molecule has 3 heterocycles. The maximum absolute atomic E-state index is 12.8. The number of piperidine rings is 1. The Balaban J connectivity index is 1.72.